The van der Waals surface area contributed by atoms with Crippen molar-refractivity contribution in [2.75, 3.05) is 7.05 Å². The number of amides is 1. The quantitative estimate of drug-likeness (QED) is 0.901. The molecule has 0 bridgehead atoms. The summed E-state index contributed by atoms with van der Waals surface area (Å²) in [6.07, 6.45) is 0.242. The highest BCUT2D eigenvalue weighted by atomic mass is 19.1. The van der Waals surface area contributed by atoms with Gasteiger partial charge < -0.3 is 10.0 Å². The maximum absolute atomic E-state index is 13.6. The molecule has 0 saturated heterocycles. The van der Waals surface area contributed by atoms with Crippen LogP contribution < -0.4 is 0 Å². The summed E-state index contributed by atoms with van der Waals surface area (Å²) in [6, 6.07) is 6.27. The average molecular weight is 281 g/mol. The summed E-state index contributed by atoms with van der Waals surface area (Å²) in [6.45, 7) is 4.59. The third-order valence-electron chi connectivity index (χ3n) is 3.60. The third-order valence-corrected chi connectivity index (χ3v) is 3.60. The summed E-state index contributed by atoms with van der Waals surface area (Å²) < 4.78 is 13.6. The summed E-state index contributed by atoms with van der Waals surface area (Å²) in [7, 11) is 1.45. The number of carboxylic acid groups (broad SMARTS) is 1. The van der Waals surface area contributed by atoms with Crippen LogP contribution >= 0.6 is 0 Å². The molecule has 110 valence electrons. The highest BCUT2D eigenvalue weighted by Crippen LogP contribution is 2.19. The van der Waals surface area contributed by atoms with E-state index in [1.54, 1.807) is 25.1 Å². The van der Waals surface area contributed by atoms with Gasteiger partial charge in [-0.25, -0.2) is 9.18 Å². The van der Waals surface area contributed by atoms with E-state index in [-0.39, 0.29) is 18.1 Å². The number of rotatable bonds is 5. The molecule has 4 nitrogen and oxygen atoms in total. The number of carbonyl (C=O) groups excluding carboxylic acids is 1. The standard InChI is InChI=1S/C15H20FNO3/c1-10(9-11-7-5-6-8-12(11)16)13(18)17(4)15(2,3)14(19)20/h5-8,10H,9H2,1-4H3,(H,19,20). The summed E-state index contributed by atoms with van der Waals surface area (Å²) in [5.41, 5.74) is -0.838. The zero-order chi connectivity index (χ0) is 15.5. The minimum Gasteiger partial charge on any atom is -0.480 e. The van der Waals surface area contributed by atoms with Crippen molar-refractivity contribution in [3.05, 3.63) is 35.6 Å². The van der Waals surface area contributed by atoms with Crippen molar-refractivity contribution in [2.24, 2.45) is 5.92 Å². The van der Waals surface area contributed by atoms with E-state index in [1.807, 2.05) is 0 Å². The van der Waals surface area contributed by atoms with E-state index in [1.165, 1.54) is 31.9 Å². The number of carbonyl (C=O) groups is 2. The van der Waals surface area contributed by atoms with Gasteiger partial charge in [-0.2, -0.15) is 0 Å². The molecule has 1 amide bonds. The van der Waals surface area contributed by atoms with E-state index in [4.69, 9.17) is 5.11 Å². The van der Waals surface area contributed by atoms with Crippen LogP contribution in [0.2, 0.25) is 0 Å². The summed E-state index contributed by atoms with van der Waals surface area (Å²) >= 11 is 0. The number of halogens is 1. The third kappa shape index (κ3) is 3.35. The molecule has 0 fully saturated rings. The van der Waals surface area contributed by atoms with Crippen LogP contribution in [0.1, 0.15) is 26.3 Å². The van der Waals surface area contributed by atoms with E-state index >= 15 is 0 Å². The van der Waals surface area contributed by atoms with Crippen LogP contribution in [-0.2, 0) is 16.0 Å². The Morgan fingerprint density at radius 3 is 2.40 bits per heavy atom. The molecule has 0 spiro atoms. The maximum Gasteiger partial charge on any atom is 0.329 e. The Kier molecular flexibility index (Phi) is 4.87. The van der Waals surface area contributed by atoms with E-state index < -0.39 is 17.4 Å². The van der Waals surface area contributed by atoms with Crippen LogP contribution in [0.3, 0.4) is 0 Å². The average Bonchev–Trinajstić information content (AvgIpc) is 2.39. The van der Waals surface area contributed by atoms with Crippen LogP contribution in [0.25, 0.3) is 0 Å². The van der Waals surface area contributed by atoms with E-state index in [0.29, 0.717) is 5.56 Å². The lowest BCUT2D eigenvalue weighted by Gasteiger charge is -2.33. The van der Waals surface area contributed by atoms with Crippen molar-refractivity contribution in [2.45, 2.75) is 32.7 Å². The number of carboxylic acids is 1. The van der Waals surface area contributed by atoms with Crippen molar-refractivity contribution in [1.82, 2.24) is 4.90 Å². The molecular weight excluding hydrogens is 261 g/mol. The molecule has 0 aliphatic heterocycles. The highest BCUT2D eigenvalue weighted by molar-refractivity contribution is 5.87. The lowest BCUT2D eigenvalue weighted by Crippen LogP contribution is -2.52. The summed E-state index contributed by atoms with van der Waals surface area (Å²) in [4.78, 5) is 24.6. The SMILES string of the molecule is CC(Cc1ccccc1F)C(=O)N(C)C(C)(C)C(=O)O. The van der Waals surface area contributed by atoms with Gasteiger partial charge in [0.05, 0.1) is 0 Å². The fourth-order valence-electron chi connectivity index (χ4n) is 1.83. The van der Waals surface area contributed by atoms with Gasteiger partial charge in [-0.05, 0) is 31.9 Å². The smallest absolute Gasteiger partial charge is 0.329 e. The summed E-state index contributed by atoms with van der Waals surface area (Å²) in [5, 5.41) is 9.12. The maximum atomic E-state index is 13.6. The molecule has 1 aromatic rings. The van der Waals surface area contributed by atoms with Gasteiger partial charge in [0.1, 0.15) is 11.4 Å². The first kappa shape index (κ1) is 16.1. The minimum atomic E-state index is -1.29. The van der Waals surface area contributed by atoms with Crippen molar-refractivity contribution >= 4 is 11.9 Å². The van der Waals surface area contributed by atoms with Gasteiger partial charge in [-0.1, -0.05) is 25.1 Å². The van der Waals surface area contributed by atoms with Crippen LogP contribution in [0.4, 0.5) is 4.39 Å². The fraction of sp³-hybridized carbons (Fsp3) is 0.467. The van der Waals surface area contributed by atoms with Gasteiger partial charge in [-0.15, -0.1) is 0 Å². The number of aliphatic carboxylic acids is 1. The molecule has 1 aromatic carbocycles. The predicted molar refractivity (Wildman–Crippen MR) is 73.8 cm³/mol. The predicted octanol–water partition coefficient (Wildman–Crippen LogP) is 2.33. The number of hydrogen-bond donors (Lipinski definition) is 1. The molecule has 1 unspecified atom stereocenters. The molecule has 5 heteroatoms. The topological polar surface area (TPSA) is 57.6 Å². The number of nitrogens with zero attached hydrogens (tertiary/aromatic N) is 1. The van der Waals surface area contributed by atoms with Gasteiger partial charge in [-0.3, -0.25) is 4.79 Å². The van der Waals surface area contributed by atoms with Crippen LogP contribution in [0.15, 0.2) is 24.3 Å². The summed E-state index contributed by atoms with van der Waals surface area (Å²) in [5.74, 6) is -2.24. The molecule has 0 aromatic heterocycles. The lowest BCUT2D eigenvalue weighted by molar-refractivity contribution is -0.156. The first-order chi connectivity index (χ1) is 9.17. The normalized spacial score (nSPS) is 12.8. The van der Waals surface area contributed by atoms with Gasteiger partial charge >= 0.3 is 5.97 Å². The largest absolute Gasteiger partial charge is 0.480 e. The Bertz CT molecular complexity index is 514. The fourth-order valence-corrected chi connectivity index (χ4v) is 1.83. The van der Waals surface area contributed by atoms with Crippen molar-refractivity contribution < 1.29 is 19.1 Å². The van der Waals surface area contributed by atoms with Crippen LogP contribution in [-0.4, -0.2) is 34.5 Å². The Labute approximate surface area is 118 Å². The Balaban J connectivity index is 2.83. The molecule has 1 rings (SSSR count). The van der Waals surface area contributed by atoms with Crippen LogP contribution in [0, 0.1) is 11.7 Å². The second-order valence-corrected chi connectivity index (χ2v) is 5.46. The molecule has 1 atom stereocenters. The molecule has 20 heavy (non-hydrogen) atoms. The van der Waals surface area contributed by atoms with E-state index in [0.717, 1.165) is 0 Å². The Hall–Kier alpha value is -1.91. The second-order valence-electron chi connectivity index (χ2n) is 5.46. The van der Waals surface area contributed by atoms with Gasteiger partial charge in [0.2, 0.25) is 5.91 Å². The van der Waals surface area contributed by atoms with Gasteiger partial charge in [0, 0.05) is 13.0 Å². The molecule has 0 aliphatic carbocycles. The monoisotopic (exact) mass is 281 g/mol. The molecule has 1 N–H and O–H groups in total. The van der Waals surface area contributed by atoms with Crippen molar-refractivity contribution in [3.63, 3.8) is 0 Å². The van der Waals surface area contributed by atoms with Gasteiger partial charge in [0.25, 0.3) is 0 Å². The first-order valence-corrected chi connectivity index (χ1v) is 6.42. The second kappa shape index (κ2) is 6.03. The highest BCUT2D eigenvalue weighted by Gasteiger charge is 2.36. The van der Waals surface area contributed by atoms with Crippen LogP contribution in [0.5, 0.6) is 0 Å². The first-order valence-electron chi connectivity index (χ1n) is 6.42. The van der Waals surface area contributed by atoms with E-state index in [2.05, 4.69) is 0 Å². The van der Waals surface area contributed by atoms with Crippen molar-refractivity contribution in [1.29, 1.82) is 0 Å². The number of hydrogen-bond acceptors (Lipinski definition) is 2. The minimum absolute atomic E-state index is 0.242. The number of benzene rings is 1. The zero-order valence-corrected chi connectivity index (χ0v) is 12.2. The Morgan fingerprint density at radius 1 is 1.35 bits per heavy atom. The molecule has 0 aliphatic rings. The molecule has 0 heterocycles. The Morgan fingerprint density at radius 2 is 1.90 bits per heavy atom. The zero-order valence-electron chi connectivity index (χ0n) is 12.2. The molecular formula is C15H20FNO3. The molecule has 0 saturated carbocycles. The number of likely N-dealkylation sites (N-methyl/N-ethyl adjacent to an activating group) is 1. The lowest BCUT2D eigenvalue weighted by atomic mass is 9.96. The van der Waals surface area contributed by atoms with Crippen molar-refractivity contribution in [3.8, 4) is 0 Å². The molecule has 0 radical (unpaired) electrons. The van der Waals surface area contributed by atoms with Gasteiger partial charge in [0.15, 0.2) is 0 Å². The van der Waals surface area contributed by atoms with E-state index in [9.17, 15) is 14.0 Å².